The summed E-state index contributed by atoms with van der Waals surface area (Å²) in [6.45, 7) is 3.08. The molecule has 0 amide bonds. The SMILES string of the molecule is CNCCC=C(C)c1ccc(OC)cc1OC. The first-order chi connectivity index (χ1) is 8.22. The third-order valence-electron chi connectivity index (χ3n) is 2.68. The van der Waals surface area contributed by atoms with Crippen LogP contribution in [0.3, 0.4) is 0 Å². The van der Waals surface area contributed by atoms with Crippen molar-refractivity contribution in [2.24, 2.45) is 0 Å². The molecule has 94 valence electrons. The Morgan fingerprint density at radius 3 is 2.65 bits per heavy atom. The van der Waals surface area contributed by atoms with E-state index in [2.05, 4.69) is 18.3 Å². The predicted octanol–water partition coefficient (Wildman–Crippen LogP) is 2.72. The molecule has 1 aromatic rings. The molecule has 0 spiro atoms. The number of hydrogen-bond donors (Lipinski definition) is 1. The van der Waals surface area contributed by atoms with Crippen LogP contribution in [0.25, 0.3) is 5.57 Å². The molecule has 17 heavy (non-hydrogen) atoms. The molecular formula is C14H21NO2. The molecule has 0 aliphatic heterocycles. The standard InChI is InChI=1S/C14H21NO2/c1-11(6-5-9-15-2)13-8-7-12(16-3)10-14(13)17-4/h6-8,10,15H,5,9H2,1-4H3. The predicted molar refractivity (Wildman–Crippen MR) is 71.7 cm³/mol. The van der Waals surface area contributed by atoms with Crippen LogP contribution in [0.15, 0.2) is 24.3 Å². The van der Waals surface area contributed by atoms with Gasteiger partial charge < -0.3 is 14.8 Å². The Kier molecular flexibility index (Phi) is 5.57. The lowest BCUT2D eigenvalue weighted by molar-refractivity contribution is 0.393. The van der Waals surface area contributed by atoms with Crippen molar-refractivity contribution in [1.29, 1.82) is 0 Å². The fourth-order valence-electron chi connectivity index (χ4n) is 1.67. The van der Waals surface area contributed by atoms with Crippen LogP contribution >= 0.6 is 0 Å². The lowest BCUT2D eigenvalue weighted by Gasteiger charge is -2.10. The molecule has 0 aromatic heterocycles. The van der Waals surface area contributed by atoms with Gasteiger partial charge in [-0.2, -0.15) is 0 Å². The highest BCUT2D eigenvalue weighted by Crippen LogP contribution is 2.29. The molecule has 3 nitrogen and oxygen atoms in total. The van der Waals surface area contributed by atoms with Gasteiger partial charge in [-0.15, -0.1) is 0 Å². The van der Waals surface area contributed by atoms with Gasteiger partial charge in [0.15, 0.2) is 0 Å². The van der Waals surface area contributed by atoms with Gasteiger partial charge in [0.05, 0.1) is 14.2 Å². The second-order valence-electron chi connectivity index (χ2n) is 3.85. The number of ether oxygens (including phenoxy) is 2. The molecular weight excluding hydrogens is 214 g/mol. The first kappa shape index (κ1) is 13.6. The van der Waals surface area contributed by atoms with Crippen LogP contribution in [-0.2, 0) is 0 Å². The lowest BCUT2D eigenvalue weighted by Crippen LogP contribution is -2.06. The van der Waals surface area contributed by atoms with Gasteiger partial charge >= 0.3 is 0 Å². The fourth-order valence-corrected chi connectivity index (χ4v) is 1.67. The highest BCUT2D eigenvalue weighted by atomic mass is 16.5. The molecule has 0 unspecified atom stereocenters. The van der Waals surface area contributed by atoms with Crippen molar-refractivity contribution in [1.82, 2.24) is 5.32 Å². The molecule has 0 bridgehead atoms. The number of allylic oxidation sites excluding steroid dienone is 1. The highest BCUT2D eigenvalue weighted by Gasteiger charge is 2.06. The van der Waals surface area contributed by atoms with E-state index in [1.54, 1.807) is 14.2 Å². The Balaban J connectivity index is 2.92. The van der Waals surface area contributed by atoms with Gasteiger partial charge in [-0.3, -0.25) is 0 Å². The number of methoxy groups -OCH3 is 2. The van der Waals surface area contributed by atoms with E-state index in [-0.39, 0.29) is 0 Å². The maximum Gasteiger partial charge on any atom is 0.130 e. The number of rotatable bonds is 6. The van der Waals surface area contributed by atoms with Crippen molar-refractivity contribution < 1.29 is 9.47 Å². The molecule has 3 heteroatoms. The zero-order chi connectivity index (χ0) is 12.7. The summed E-state index contributed by atoms with van der Waals surface area (Å²) in [5.41, 5.74) is 2.34. The van der Waals surface area contributed by atoms with Crippen LogP contribution in [0.4, 0.5) is 0 Å². The number of benzene rings is 1. The van der Waals surface area contributed by atoms with E-state index in [4.69, 9.17) is 9.47 Å². The molecule has 0 saturated carbocycles. The monoisotopic (exact) mass is 235 g/mol. The number of hydrogen-bond acceptors (Lipinski definition) is 3. The van der Waals surface area contributed by atoms with Gasteiger partial charge in [0.2, 0.25) is 0 Å². The van der Waals surface area contributed by atoms with Gasteiger partial charge in [-0.05, 0) is 44.6 Å². The van der Waals surface area contributed by atoms with Gasteiger partial charge in [0, 0.05) is 11.6 Å². The summed E-state index contributed by atoms with van der Waals surface area (Å²) in [7, 11) is 5.29. The molecule has 1 rings (SSSR count). The number of nitrogens with one attached hydrogen (secondary N) is 1. The summed E-state index contributed by atoms with van der Waals surface area (Å²) in [6, 6.07) is 5.89. The molecule has 0 fully saturated rings. The maximum atomic E-state index is 5.38. The van der Waals surface area contributed by atoms with Crippen molar-refractivity contribution in [3.05, 3.63) is 29.8 Å². The molecule has 0 aliphatic carbocycles. The van der Waals surface area contributed by atoms with Crippen molar-refractivity contribution in [3.8, 4) is 11.5 Å². The summed E-state index contributed by atoms with van der Waals surface area (Å²) in [4.78, 5) is 0. The Hall–Kier alpha value is -1.48. The first-order valence-corrected chi connectivity index (χ1v) is 5.76. The smallest absolute Gasteiger partial charge is 0.130 e. The van der Waals surface area contributed by atoms with Gasteiger partial charge in [-0.25, -0.2) is 0 Å². The Morgan fingerprint density at radius 1 is 1.29 bits per heavy atom. The summed E-state index contributed by atoms with van der Waals surface area (Å²) in [6.07, 6.45) is 3.22. The van der Waals surface area contributed by atoms with Crippen molar-refractivity contribution >= 4 is 5.57 Å². The Morgan fingerprint density at radius 2 is 2.06 bits per heavy atom. The molecule has 1 N–H and O–H groups in total. The van der Waals surface area contributed by atoms with E-state index in [0.29, 0.717) is 0 Å². The van der Waals surface area contributed by atoms with Crippen LogP contribution in [0, 0.1) is 0 Å². The van der Waals surface area contributed by atoms with Crippen molar-refractivity contribution in [2.45, 2.75) is 13.3 Å². The minimum absolute atomic E-state index is 0.814. The van der Waals surface area contributed by atoms with Crippen LogP contribution in [-0.4, -0.2) is 27.8 Å². The van der Waals surface area contributed by atoms with Gasteiger partial charge in [-0.1, -0.05) is 6.08 Å². The minimum atomic E-state index is 0.814. The molecule has 0 atom stereocenters. The molecule has 0 saturated heterocycles. The first-order valence-electron chi connectivity index (χ1n) is 5.76. The maximum absolute atomic E-state index is 5.38. The highest BCUT2D eigenvalue weighted by molar-refractivity contribution is 5.69. The van der Waals surface area contributed by atoms with E-state index >= 15 is 0 Å². The second-order valence-corrected chi connectivity index (χ2v) is 3.85. The summed E-state index contributed by atoms with van der Waals surface area (Å²) < 4.78 is 10.6. The quantitative estimate of drug-likeness (QED) is 0.769. The van der Waals surface area contributed by atoms with Gasteiger partial charge in [0.25, 0.3) is 0 Å². The van der Waals surface area contributed by atoms with Crippen LogP contribution in [0.1, 0.15) is 18.9 Å². The van der Waals surface area contributed by atoms with E-state index in [0.717, 1.165) is 30.0 Å². The summed E-state index contributed by atoms with van der Waals surface area (Å²) in [5, 5.41) is 3.13. The van der Waals surface area contributed by atoms with Crippen LogP contribution < -0.4 is 14.8 Å². The van der Waals surface area contributed by atoms with Crippen molar-refractivity contribution in [3.63, 3.8) is 0 Å². The fraction of sp³-hybridized carbons (Fsp3) is 0.429. The van der Waals surface area contributed by atoms with E-state index in [1.165, 1.54) is 5.57 Å². The largest absolute Gasteiger partial charge is 0.497 e. The van der Waals surface area contributed by atoms with E-state index in [9.17, 15) is 0 Å². The average Bonchev–Trinajstić information content (AvgIpc) is 2.38. The van der Waals surface area contributed by atoms with Crippen LogP contribution in [0.2, 0.25) is 0 Å². The molecule has 0 heterocycles. The molecule has 1 aromatic carbocycles. The van der Waals surface area contributed by atoms with E-state index in [1.807, 2.05) is 25.2 Å². The topological polar surface area (TPSA) is 30.5 Å². The third-order valence-corrected chi connectivity index (χ3v) is 2.68. The van der Waals surface area contributed by atoms with Crippen molar-refractivity contribution in [2.75, 3.05) is 27.8 Å². The van der Waals surface area contributed by atoms with Crippen LogP contribution in [0.5, 0.6) is 11.5 Å². The Bertz CT molecular complexity index is 386. The van der Waals surface area contributed by atoms with Gasteiger partial charge in [0.1, 0.15) is 11.5 Å². The molecule has 0 aliphatic rings. The van der Waals surface area contributed by atoms with E-state index < -0.39 is 0 Å². The average molecular weight is 235 g/mol. The third kappa shape index (κ3) is 3.79. The lowest BCUT2D eigenvalue weighted by atomic mass is 10.0. The second kappa shape index (κ2) is 6.97. The summed E-state index contributed by atoms with van der Waals surface area (Å²) in [5.74, 6) is 1.66. The zero-order valence-electron chi connectivity index (χ0n) is 11.0. The Labute approximate surface area is 103 Å². The normalized spacial score (nSPS) is 11.4. The zero-order valence-corrected chi connectivity index (χ0v) is 11.0. The summed E-state index contributed by atoms with van der Waals surface area (Å²) >= 11 is 0. The molecule has 0 radical (unpaired) electrons. The minimum Gasteiger partial charge on any atom is -0.497 e.